The molecule has 1 amide bonds. The van der Waals surface area contributed by atoms with Gasteiger partial charge in [-0.1, -0.05) is 6.92 Å². The summed E-state index contributed by atoms with van der Waals surface area (Å²) in [5.74, 6) is 0.754. The lowest BCUT2D eigenvalue weighted by molar-refractivity contribution is 0.0949. The van der Waals surface area contributed by atoms with Crippen molar-refractivity contribution in [2.45, 2.75) is 19.8 Å². The van der Waals surface area contributed by atoms with Gasteiger partial charge in [-0.05, 0) is 18.6 Å². The first-order chi connectivity index (χ1) is 8.69. The third kappa shape index (κ3) is 2.88. The summed E-state index contributed by atoms with van der Waals surface area (Å²) in [4.78, 5) is 18.8. The van der Waals surface area contributed by atoms with Gasteiger partial charge in [0.05, 0.1) is 0 Å². The van der Waals surface area contributed by atoms with E-state index in [1.807, 2.05) is 13.0 Å². The van der Waals surface area contributed by atoms with Crippen LogP contribution in [0.15, 0.2) is 12.1 Å². The molecular formula is C11H16N6O. The average Bonchev–Trinajstić information content (AvgIpc) is 2.98. The number of hydrogen-bond acceptors (Lipinski definition) is 4. The summed E-state index contributed by atoms with van der Waals surface area (Å²) in [6, 6.07) is 3.69. The van der Waals surface area contributed by atoms with E-state index in [4.69, 9.17) is 5.73 Å². The van der Waals surface area contributed by atoms with Crippen molar-refractivity contribution >= 4 is 11.9 Å². The van der Waals surface area contributed by atoms with Crippen molar-refractivity contribution in [2.24, 2.45) is 0 Å². The van der Waals surface area contributed by atoms with Crippen LogP contribution >= 0.6 is 0 Å². The Balaban J connectivity index is 1.81. The second kappa shape index (κ2) is 5.35. The summed E-state index contributed by atoms with van der Waals surface area (Å²) in [5, 5.41) is 9.19. The molecule has 2 heterocycles. The molecule has 0 aromatic carbocycles. The lowest BCUT2D eigenvalue weighted by Gasteiger charge is -2.01. The van der Waals surface area contributed by atoms with E-state index in [0.29, 0.717) is 24.5 Å². The predicted molar refractivity (Wildman–Crippen MR) is 67.0 cm³/mol. The molecule has 96 valence electrons. The number of carbonyl (C=O) groups excluding carboxylic acids is 1. The van der Waals surface area contributed by atoms with E-state index in [1.54, 1.807) is 6.07 Å². The Hall–Kier alpha value is -2.31. The summed E-state index contributed by atoms with van der Waals surface area (Å²) in [6.07, 6.45) is 1.45. The summed E-state index contributed by atoms with van der Waals surface area (Å²) >= 11 is 0. The van der Waals surface area contributed by atoms with Crippen LogP contribution in [-0.4, -0.2) is 32.6 Å². The first-order valence-corrected chi connectivity index (χ1v) is 5.82. The highest BCUT2D eigenvalue weighted by Crippen LogP contribution is 2.02. The minimum Gasteiger partial charge on any atom is -0.367 e. The number of aryl methyl sites for hydroxylation is 1. The van der Waals surface area contributed by atoms with E-state index in [1.165, 1.54) is 0 Å². The number of nitrogens with one attached hydrogen (secondary N) is 3. The molecule has 0 atom stereocenters. The highest BCUT2D eigenvalue weighted by molar-refractivity contribution is 5.92. The number of H-pyrrole nitrogens is 2. The Morgan fingerprint density at radius 2 is 2.33 bits per heavy atom. The molecule has 5 N–H and O–H groups in total. The molecule has 0 saturated heterocycles. The van der Waals surface area contributed by atoms with E-state index in [9.17, 15) is 4.79 Å². The molecule has 0 aliphatic carbocycles. The van der Waals surface area contributed by atoms with Crippen LogP contribution in [0.4, 0.5) is 5.95 Å². The highest BCUT2D eigenvalue weighted by Gasteiger charge is 2.07. The third-order valence-electron chi connectivity index (χ3n) is 2.57. The summed E-state index contributed by atoms with van der Waals surface area (Å²) in [6.45, 7) is 2.51. The first kappa shape index (κ1) is 12.2. The first-order valence-electron chi connectivity index (χ1n) is 5.82. The van der Waals surface area contributed by atoms with E-state index in [-0.39, 0.29) is 11.9 Å². The molecular weight excluding hydrogens is 232 g/mol. The molecule has 0 bridgehead atoms. The fourth-order valence-corrected chi connectivity index (χ4v) is 1.59. The molecule has 0 spiro atoms. The van der Waals surface area contributed by atoms with Gasteiger partial charge in [-0.3, -0.25) is 9.89 Å². The highest BCUT2D eigenvalue weighted by atomic mass is 16.1. The lowest BCUT2D eigenvalue weighted by Crippen LogP contribution is -2.26. The molecule has 2 rings (SSSR count). The van der Waals surface area contributed by atoms with E-state index in [0.717, 1.165) is 12.1 Å². The molecule has 2 aromatic heterocycles. The van der Waals surface area contributed by atoms with Gasteiger partial charge in [0.25, 0.3) is 5.91 Å². The molecule has 2 aromatic rings. The van der Waals surface area contributed by atoms with Gasteiger partial charge in [0.2, 0.25) is 5.95 Å². The minimum absolute atomic E-state index is 0.123. The summed E-state index contributed by atoms with van der Waals surface area (Å²) in [5.41, 5.74) is 6.99. The second-order valence-corrected chi connectivity index (χ2v) is 3.90. The number of hydrogen-bond donors (Lipinski definition) is 4. The maximum atomic E-state index is 11.8. The van der Waals surface area contributed by atoms with Gasteiger partial charge in [-0.15, -0.1) is 5.10 Å². The molecule has 0 fully saturated rings. The largest absolute Gasteiger partial charge is 0.367 e. The predicted octanol–water partition coefficient (Wildman–Crippen LogP) is 0.250. The number of carbonyl (C=O) groups is 1. The van der Waals surface area contributed by atoms with E-state index >= 15 is 0 Å². The minimum atomic E-state index is -0.123. The van der Waals surface area contributed by atoms with Crippen LogP contribution in [0.25, 0.3) is 0 Å². The van der Waals surface area contributed by atoms with Gasteiger partial charge >= 0.3 is 0 Å². The number of nitrogens with two attached hydrogens (primary N) is 1. The zero-order valence-electron chi connectivity index (χ0n) is 10.2. The van der Waals surface area contributed by atoms with Gasteiger partial charge in [0.15, 0.2) is 0 Å². The fraction of sp³-hybridized carbons (Fsp3) is 0.364. The van der Waals surface area contributed by atoms with Crippen molar-refractivity contribution in [2.75, 3.05) is 12.3 Å². The smallest absolute Gasteiger partial charge is 0.267 e. The van der Waals surface area contributed by atoms with Crippen molar-refractivity contribution < 1.29 is 4.79 Å². The molecule has 7 heteroatoms. The van der Waals surface area contributed by atoms with Gasteiger partial charge in [0.1, 0.15) is 11.5 Å². The van der Waals surface area contributed by atoms with Crippen LogP contribution in [0.2, 0.25) is 0 Å². The zero-order chi connectivity index (χ0) is 13.0. The van der Waals surface area contributed by atoms with Crippen LogP contribution in [0.5, 0.6) is 0 Å². The van der Waals surface area contributed by atoms with Crippen molar-refractivity contribution in [3.63, 3.8) is 0 Å². The Morgan fingerprint density at radius 1 is 1.50 bits per heavy atom. The van der Waals surface area contributed by atoms with E-state index in [2.05, 4.69) is 25.5 Å². The normalized spacial score (nSPS) is 10.5. The second-order valence-electron chi connectivity index (χ2n) is 3.90. The number of aromatic nitrogens is 4. The van der Waals surface area contributed by atoms with Crippen LogP contribution in [-0.2, 0) is 12.8 Å². The third-order valence-corrected chi connectivity index (χ3v) is 2.57. The summed E-state index contributed by atoms with van der Waals surface area (Å²) in [7, 11) is 0. The molecule has 0 radical (unpaired) electrons. The molecule has 0 aliphatic heterocycles. The maximum absolute atomic E-state index is 11.8. The van der Waals surface area contributed by atoms with E-state index < -0.39 is 0 Å². The molecule has 18 heavy (non-hydrogen) atoms. The topological polar surface area (TPSA) is 112 Å². The molecule has 0 aliphatic rings. The van der Waals surface area contributed by atoms with Crippen molar-refractivity contribution in [3.05, 3.63) is 29.3 Å². The molecule has 7 nitrogen and oxygen atoms in total. The SMILES string of the molecule is CCc1ccc(C(=O)NCCc2nc(N)n[nH]2)[nH]1. The van der Waals surface area contributed by atoms with Crippen molar-refractivity contribution in [1.29, 1.82) is 0 Å². The average molecular weight is 248 g/mol. The Morgan fingerprint density at radius 3 is 2.94 bits per heavy atom. The number of rotatable bonds is 5. The Bertz CT molecular complexity index is 529. The van der Waals surface area contributed by atoms with Crippen LogP contribution in [0, 0.1) is 0 Å². The zero-order valence-corrected chi connectivity index (χ0v) is 10.2. The van der Waals surface area contributed by atoms with Crippen LogP contribution in [0.1, 0.15) is 28.9 Å². The molecule has 0 unspecified atom stereocenters. The monoisotopic (exact) mass is 248 g/mol. The standard InChI is InChI=1S/C11H16N6O/c1-2-7-3-4-8(14-7)10(18)13-6-5-9-15-11(12)17-16-9/h3-4,14H,2,5-6H2,1H3,(H,13,18)(H3,12,15,16,17). The number of nitrogens with zero attached hydrogens (tertiary/aromatic N) is 2. The number of nitrogen functional groups attached to an aromatic ring is 1. The Labute approximate surface area is 104 Å². The quantitative estimate of drug-likeness (QED) is 0.607. The molecule has 0 saturated carbocycles. The van der Waals surface area contributed by atoms with Gasteiger partial charge in [-0.2, -0.15) is 4.98 Å². The lowest BCUT2D eigenvalue weighted by atomic mass is 10.3. The fourth-order valence-electron chi connectivity index (χ4n) is 1.59. The Kier molecular flexibility index (Phi) is 3.61. The number of aromatic amines is 2. The maximum Gasteiger partial charge on any atom is 0.267 e. The summed E-state index contributed by atoms with van der Waals surface area (Å²) < 4.78 is 0. The number of anilines is 1. The van der Waals surface area contributed by atoms with Crippen molar-refractivity contribution in [1.82, 2.24) is 25.5 Å². The number of amides is 1. The van der Waals surface area contributed by atoms with Crippen molar-refractivity contribution in [3.8, 4) is 0 Å². The van der Waals surface area contributed by atoms with Gasteiger partial charge < -0.3 is 16.0 Å². The van der Waals surface area contributed by atoms with Crippen LogP contribution in [0.3, 0.4) is 0 Å². The van der Waals surface area contributed by atoms with Gasteiger partial charge in [-0.25, -0.2) is 0 Å². The van der Waals surface area contributed by atoms with Gasteiger partial charge in [0, 0.05) is 18.7 Å². The van der Waals surface area contributed by atoms with Crippen LogP contribution < -0.4 is 11.1 Å².